The van der Waals surface area contributed by atoms with Gasteiger partial charge in [-0.05, 0) is 85.9 Å². The standard InChI is InChI=1S/C32H52O6/c1-8-20(35)15-27(37)38-22-16-25-31(6)14-11-23-29(4,9-2)12-10-13-30(23,5)24(31)17-26(36)32(25,7)21(18-33)28(22)19(3)34/h18,20-26,28,35-36H,8-17H2,1-7H3/t20?,21?,22-,23+,24-,25+,26?,28+,29-,30?,31?,32?/m1/s1. The number of carbonyl (C=O) groups excluding carboxylic acids is 3. The Morgan fingerprint density at radius 3 is 2.24 bits per heavy atom. The Morgan fingerprint density at radius 2 is 1.66 bits per heavy atom. The lowest BCUT2D eigenvalue weighted by Gasteiger charge is -2.71. The number of aliphatic hydroxyl groups is 2. The number of hydrogen-bond acceptors (Lipinski definition) is 6. The van der Waals surface area contributed by atoms with Crippen LogP contribution in [0.3, 0.4) is 0 Å². The van der Waals surface area contributed by atoms with Crippen LogP contribution in [0.25, 0.3) is 0 Å². The zero-order chi connectivity index (χ0) is 28.3. The molecule has 4 aliphatic carbocycles. The third kappa shape index (κ3) is 4.31. The molecule has 4 saturated carbocycles. The molecule has 12 atom stereocenters. The Bertz CT molecular complexity index is 933. The van der Waals surface area contributed by atoms with Gasteiger partial charge in [0.1, 0.15) is 18.2 Å². The molecule has 0 bridgehead atoms. The molecule has 216 valence electrons. The molecule has 4 fully saturated rings. The summed E-state index contributed by atoms with van der Waals surface area (Å²) >= 11 is 0. The number of ether oxygens (including phenoxy) is 1. The van der Waals surface area contributed by atoms with Crippen molar-refractivity contribution in [3.05, 3.63) is 0 Å². The molecule has 2 N–H and O–H groups in total. The van der Waals surface area contributed by atoms with E-state index >= 15 is 0 Å². The van der Waals surface area contributed by atoms with Gasteiger partial charge < -0.3 is 19.7 Å². The Balaban J connectivity index is 1.76. The average Bonchev–Trinajstić information content (AvgIpc) is 2.85. The van der Waals surface area contributed by atoms with Gasteiger partial charge >= 0.3 is 5.97 Å². The number of fused-ring (bicyclic) bond motifs is 5. The van der Waals surface area contributed by atoms with E-state index in [2.05, 4.69) is 27.7 Å². The average molecular weight is 533 g/mol. The van der Waals surface area contributed by atoms with E-state index in [0.29, 0.717) is 36.5 Å². The van der Waals surface area contributed by atoms with E-state index in [1.54, 1.807) is 6.92 Å². The van der Waals surface area contributed by atoms with Crippen molar-refractivity contribution >= 4 is 18.0 Å². The highest BCUT2D eigenvalue weighted by Crippen LogP contribution is 2.73. The predicted molar refractivity (Wildman–Crippen MR) is 146 cm³/mol. The summed E-state index contributed by atoms with van der Waals surface area (Å²) in [6.07, 6.45) is 7.00. The highest BCUT2D eigenvalue weighted by Gasteiger charge is 2.70. The number of hydrogen-bond donors (Lipinski definition) is 2. The third-order valence-electron chi connectivity index (χ3n) is 12.9. The van der Waals surface area contributed by atoms with Crippen LogP contribution in [0.5, 0.6) is 0 Å². The lowest BCUT2D eigenvalue weighted by molar-refractivity contribution is -0.260. The van der Waals surface area contributed by atoms with Crippen molar-refractivity contribution in [2.24, 2.45) is 51.2 Å². The molecular formula is C32H52O6. The number of Topliss-reactive ketones (excluding diaryl/α,β-unsaturated/α-hetero) is 1. The summed E-state index contributed by atoms with van der Waals surface area (Å²) in [5, 5.41) is 22.0. The Kier molecular flexibility index (Phi) is 8.04. The second kappa shape index (κ2) is 10.3. The number of aliphatic hydroxyl groups excluding tert-OH is 2. The first-order chi connectivity index (χ1) is 17.7. The summed E-state index contributed by atoms with van der Waals surface area (Å²) in [7, 11) is 0. The minimum absolute atomic E-state index is 0.0592. The van der Waals surface area contributed by atoms with E-state index in [0.717, 1.165) is 32.0 Å². The summed E-state index contributed by atoms with van der Waals surface area (Å²) in [5.41, 5.74) is -0.497. The normalized spacial score (nSPS) is 49.1. The van der Waals surface area contributed by atoms with E-state index in [-0.39, 0.29) is 29.0 Å². The lowest BCUT2D eigenvalue weighted by atomic mass is 9.33. The van der Waals surface area contributed by atoms with Gasteiger partial charge in [0.05, 0.1) is 24.5 Å². The minimum Gasteiger partial charge on any atom is -0.461 e. The van der Waals surface area contributed by atoms with Crippen LogP contribution >= 0.6 is 0 Å². The summed E-state index contributed by atoms with van der Waals surface area (Å²) in [4.78, 5) is 38.6. The minimum atomic E-state index is -0.790. The maximum Gasteiger partial charge on any atom is 0.308 e. The number of rotatable bonds is 7. The summed E-state index contributed by atoms with van der Waals surface area (Å²) in [6.45, 7) is 14.9. The first-order valence-corrected chi connectivity index (χ1v) is 15.2. The molecule has 38 heavy (non-hydrogen) atoms. The van der Waals surface area contributed by atoms with Gasteiger partial charge in [0.2, 0.25) is 0 Å². The number of aldehydes is 1. The van der Waals surface area contributed by atoms with Gasteiger partial charge in [0, 0.05) is 11.3 Å². The van der Waals surface area contributed by atoms with Crippen molar-refractivity contribution in [2.45, 2.75) is 131 Å². The van der Waals surface area contributed by atoms with Crippen LogP contribution in [0, 0.1) is 51.2 Å². The maximum atomic E-state index is 13.0. The van der Waals surface area contributed by atoms with Crippen LogP contribution in [0.15, 0.2) is 0 Å². The van der Waals surface area contributed by atoms with Gasteiger partial charge in [-0.3, -0.25) is 9.59 Å². The summed E-state index contributed by atoms with van der Waals surface area (Å²) in [5.74, 6) is -1.37. The monoisotopic (exact) mass is 532 g/mol. The fourth-order valence-electron chi connectivity index (χ4n) is 10.7. The summed E-state index contributed by atoms with van der Waals surface area (Å²) in [6, 6.07) is 0. The number of esters is 1. The SMILES string of the molecule is CCC(O)CC(=O)O[C@@H]1C[C@@H]2C(C)(C(O)C[C@H]3C2(C)CC[C@@H]2C3(C)CCC[C@@]2(C)CC)C(C=O)[C@@H]1C(C)=O. The molecule has 6 heteroatoms. The molecule has 0 aromatic heterocycles. The van der Waals surface area contributed by atoms with E-state index in [9.17, 15) is 24.6 Å². The molecule has 0 aliphatic heterocycles. The predicted octanol–water partition coefficient (Wildman–Crippen LogP) is 5.51. The molecule has 0 saturated heterocycles. The molecule has 0 aromatic rings. The van der Waals surface area contributed by atoms with Crippen LogP contribution in [0.4, 0.5) is 0 Å². The molecule has 0 radical (unpaired) electrons. The van der Waals surface area contributed by atoms with Crippen LogP contribution in [0.2, 0.25) is 0 Å². The maximum absolute atomic E-state index is 13.0. The lowest BCUT2D eigenvalue weighted by Crippen LogP contribution is -2.69. The van der Waals surface area contributed by atoms with Crippen LogP contribution in [-0.2, 0) is 19.1 Å². The Morgan fingerprint density at radius 1 is 1.00 bits per heavy atom. The van der Waals surface area contributed by atoms with Crippen molar-refractivity contribution in [3.63, 3.8) is 0 Å². The molecule has 0 spiro atoms. The van der Waals surface area contributed by atoms with Gasteiger partial charge in [0.25, 0.3) is 0 Å². The molecule has 0 heterocycles. The van der Waals surface area contributed by atoms with Gasteiger partial charge in [0.15, 0.2) is 0 Å². The highest BCUT2D eigenvalue weighted by molar-refractivity contribution is 5.83. The molecule has 0 aromatic carbocycles. The molecule has 0 amide bonds. The van der Waals surface area contributed by atoms with Crippen molar-refractivity contribution in [1.82, 2.24) is 0 Å². The highest BCUT2D eigenvalue weighted by atomic mass is 16.5. The molecular weight excluding hydrogens is 480 g/mol. The van der Waals surface area contributed by atoms with Crippen LogP contribution < -0.4 is 0 Å². The number of carbonyl (C=O) groups is 3. The van der Waals surface area contributed by atoms with Crippen LogP contribution in [0.1, 0.15) is 113 Å². The largest absolute Gasteiger partial charge is 0.461 e. The van der Waals surface area contributed by atoms with E-state index in [1.807, 2.05) is 6.92 Å². The second-order valence-corrected chi connectivity index (χ2v) is 14.5. The first-order valence-electron chi connectivity index (χ1n) is 15.2. The van der Waals surface area contributed by atoms with Gasteiger partial charge in [-0.25, -0.2) is 0 Å². The second-order valence-electron chi connectivity index (χ2n) is 14.5. The topological polar surface area (TPSA) is 101 Å². The summed E-state index contributed by atoms with van der Waals surface area (Å²) < 4.78 is 5.95. The zero-order valence-electron chi connectivity index (χ0n) is 24.8. The zero-order valence-corrected chi connectivity index (χ0v) is 24.8. The first kappa shape index (κ1) is 29.7. The Hall–Kier alpha value is -1.27. The third-order valence-corrected chi connectivity index (χ3v) is 12.9. The van der Waals surface area contributed by atoms with Gasteiger partial charge in [-0.2, -0.15) is 0 Å². The molecule has 4 rings (SSSR count). The number of ketones is 1. The quantitative estimate of drug-likeness (QED) is 0.331. The Labute approximate surface area is 229 Å². The van der Waals surface area contributed by atoms with Gasteiger partial charge in [-0.1, -0.05) is 54.4 Å². The van der Waals surface area contributed by atoms with Crippen molar-refractivity contribution in [1.29, 1.82) is 0 Å². The smallest absolute Gasteiger partial charge is 0.308 e. The molecule has 6 nitrogen and oxygen atoms in total. The fraction of sp³-hybridized carbons (Fsp3) is 0.906. The molecule has 6 unspecified atom stereocenters. The molecule has 4 aliphatic rings. The van der Waals surface area contributed by atoms with Crippen LogP contribution in [-0.4, -0.2) is 46.6 Å². The van der Waals surface area contributed by atoms with Crippen molar-refractivity contribution < 1.29 is 29.3 Å². The fourth-order valence-corrected chi connectivity index (χ4v) is 10.7. The van der Waals surface area contributed by atoms with E-state index in [4.69, 9.17) is 4.74 Å². The van der Waals surface area contributed by atoms with Crippen molar-refractivity contribution in [3.8, 4) is 0 Å². The van der Waals surface area contributed by atoms with Crippen molar-refractivity contribution in [2.75, 3.05) is 0 Å². The van der Waals surface area contributed by atoms with E-state index < -0.39 is 41.5 Å². The van der Waals surface area contributed by atoms with Gasteiger partial charge in [-0.15, -0.1) is 0 Å². The van der Waals surface area contributed by atoms with E-state index in [1.165, 1.54) is 19.8 Å².